The number of rotatable bonds is 4. The van der Waals surface area contributed by atoms with Crippen LogP contribution in [0, 0.1) is 0 Å². The third-order valence-corrected chi connectivity index (χ3v) is 3.55. The van der Waals surface area contributed by atoms with E-state index >= 15 is 0 Å². The first-order chi connectivity index (χ1) is 9.74. The quantitative estimate of drug-likeness (QED) is 0.919. The number of anilines is 1. The van der Waals surface area contributed by atoms with Gasteiger partial charge in [-0.1, -0.05) is 12.1 Å². The first-order valence-corrected chi connectivity index (χ1v) is 6.91. The van der Waals surface area contributed by atoms with Gasteiger partial charge in [-0.05, 0) is 48.4 Å². The molecule has 1 aliphatic heterocycles. The highest BCUT2D eigenvalue weighted by Gasteiger charge is 2.18. The summed E-state index contributed by atoms with van der Waals surface area (Å²) >= 11 is 0. The van der Waals surface area contributed by atoms with Crippen LogP contribution in [0.4, 0.5) is 5.69 Å². The van der Waals surface area contributed by atoms with Gasteiger partial charge in [0, 0.05) is 18.7 Å². The van der Waals surface area contributed by atoms with Gasteiger partial charge < -0.3 is 14.8 Å². The van der Waals surface area contributed by atoms with E-state index in [0.29, 0.717) is 6.10 Å². The minimum absolute atomic E-state index is 0.301. The molecule has 1 heterocycles. The normalized spacial score (nSPS) is 16.4. The molecule has 1 atom stereocenters. The van der Waals surface area contributed by atoms with Crippen LogP contribution in [0.25, 0.3) is 0 Å². The zero-order valence-corrected chi connectivity index (χ0v) is 11.8. The summed E-state index contributed by atoms with van der Waals surface area (Å²) in [6.45, 7) is 2.92. The Hall–Kier alpha value is -2.16. The number of hydrogen-bond acceptors (Lipinski definition) is 3. The summed E-state index contributed by atoms with van der Waals surface area (Å²) in [6, 6.07) is 14.4. The minimum atomic E-state index is 0.301. The maximum atomic E-state index is 5.72. The van der Waals surface area contributed by atoms with Gasteiger partial charge in [0.05, 0.1) is 7.11 Å². The lowest BCUT2D eigenvalue weighted by Crippen LogP contribution is -2.05. The van der Waals surface area contributed by atoms with Crippen LogP contribution < -0.4 is 14.8 Å². The second-order valence-corrected chi connectivity index (χ2v) is 5.16. The van der Waals surface area contributed by atoms with Crippen LogP contribution in [-0.2, 0) is 13.0 Å². The Morgan fingerprint density at radius 2 is 2.00 bits per heavy atom. The Bertz CT molecular complexity index is 592. The van der Waals surface area contributed by atoms with Crippen LogP contribution in [0.1, 0.15) is 18.1 Å². The lowest BCUT2D eigenvalue weighted by Gasteiger charge is -2.08. The molecule has 1 aliphatic rings. The Morgan fingerprint density at radius 1 is 1.20 bits per heavy atom. The van der Waals surface area contributed by atoms with Crippen molar-refractivity contribution in [1.82, 2.24) is 0 Å². The first kappa shape index (κ1) is 12.9. The monoisotopic (exact) mass is 269 g/mol. The van der Waals surface area contributed by atoms with Crippen LogP contribution in [0.15, 0.2) is 42.5 Å². The molecule has 3 heteroatoms. The van der Waals surface area contributed by atoms with E-state index in [0.717, 1.165) is 30.2 Å². The van der Waals surface area contributed by atoms with Crippen molar-refractivity contribution in [3.63, 3.8) is 0 Å². The number of nitrogens with one attached hydrogen (secondary N) is 1. The molecule has 3 nitrogen and oxygen atoms in total. The highest BCUT2D eigenvalue weighted by molar-refractivity contribution is 5.48. The summed E-state index contributed by atoms with van der Waals surface area (Å²) in [5.41, 5.74) is 3.68. The van der Waals surface area contributed by atoms with Gasteiger partial charge >= 0.3 is 0 Å². The second kappa shape index (κ2) is 5.45. The Balaban J connectivity index is 1.65. The van der Waals surface area contributed by atoms with Gasteiger partial charge in [0.15, 0.2) is 0 Å². The van der Waals surface area contributed by atoms with Gasteiger partial charge in [0.1, 0.15) is 17.6 Å². The molecule has 0 aliphatic carbocycles. The number of hydrogen-bond donors (Lipinski definition) is 1. The van der Waals surface area contributed by atoms with Crippen LogP contribution in [-0.4, -0.2) is 13.2 Å². The molecule has 0 unspecified atom stereocenters. The molecule has 20 heavy (non-hydrogen) atoms. The maximum absolute atomic E-state index is 5.72. The molecule has 0 fully saturated rings. The molecule has 0 radical (unpaired) electrons. The van der Waals surface area contributed by atoms with Crippen LogP contribution in [0.2, 0.25) is 0 Å². The molecule has 2 aromatic carbocycles. The molecule has 2 aromatic rings. The molecule has 0 bridgehead atoms. The Labute approximate surface area is 119 Å². The number of fused-ring (bicyclic) bond motifs is 1. The fourth-order valence-corrected chi connectivity index (χ4v) is 2.50. The van der Waals surface area contributed by atoms with Gasteiger partial charge in [-0.15, -0.1) is 0 Å². The summed E-state index contributed by atoms with van der Waals surface area (Å²) in [7, 11) is 1.68. The van der Waals surface area contributed by atoms with Gasteiger partial charge in [0.25, 0.3) is 0 Å². The molecule has 104 valence electrons. The summed E-state index contributed by atoms with van der Waals surface area (Å²) in [5.74, 6) is 1.91. The SMILES string of the molecule is COc1ccc(NCc2ccc3c(c2)C[C@H](C)O3)cc1. The predicted octanol–water partition coefficient (Wildman–Crippen LogP) is 3.63. The highest BCUT2D eigenvalue weighted by atomic mass is 16.5. The van der Waals surface area contributed by atoms with Crippen molar-refractivity contribution in [3.05, 3.63) is 53.6 Å². The lowest BCUT2D eigenvalue weighted by atomic mass is 10.1. The fourth-order valence-electron chi connectivity index (χ4n) is 2.50. The largest absolute Gasteiger partial charge is 0.497 e. The minimum Gasteiger partial charge on any atom is -0.497 e. The van der Waals surface area contributed by atoms with E-state index in [-0.39, 0.29) is 0 Å². The molecule has 0 spiro atoms. The average molecular weight is 269 g/mol. The summed E-state index contributed by atoms with van der Waals surface area (Å²) in [6.07, 6.45) is 1.31. The number of benzene rings is 2. The van der Waals surface area contributed by atoms with Gasteiger partial charge in [-0.3, -0.25) is 0 Å². The van der Waals surface area contributed by atoms with E-state index in [2.05, 4.69) is 30.4 Å². The Kier molecular flexibility index (Phi) is 3.50. The zero-order valence-electron chi connectivity index (χ0n) is 11.8. The van der Waals surface area contributed by atoms with E-state index < -0.39 is 0 Å². The van der Waals surface area contributed by atoms with Crippen molar-refractivity contribution >= 4 is 5.69 Å². The molecular weight excluding hydrogens is 250 g/mol. The fraction of sp³-hybridized carbons (Fsp3) is 0.294. The van der Waals surface area contributed by atoms with Crippen LogP contribution in [0.3, 0.4) is 0 Å². The molecule has 0 aromatic heterocycles. The van der Waals surface area contributed by atoms with E-state index in [4.69, 9.17) is 9.47 Å². The average Bonchev–Trinajstić information content (AvgIpc) is 2.85. The van der Waals surface area contributed by atoms with Crippen molar-refractivity contribution < 1.29 is 9.47 Å². The van der Waals surface area contributed by atoms with Gasteiger partial charge in [-0.2, -0.15) is 0 Å². The second-order valence-electron chi connectivity index (χ2n) is 5.16. The van der Waals surface area contributed by atoms with Crippen molar-refractivity contribution in [2.24, 2.45) is 0 Å². The van der Waals surface area contributed by atoms with Crippen LogP contribution in [0.5, 0.6) is 11.5 Å². The third kappa shape index (κ3) is 2.72. The highest BCUT2D eigenvalue weighted by Crippen LogP contribution is 2.29. The summed E-state index contributed by atoms with van der Waals surface area (Å²) in [4.78, 5) is 0. The van der Waals surface area contributed by atoms with Crippen molar-refractivity contribution in [2.45, 2.75) is 26.0 Å². The van der Waals surface area contributed by atoms with Gasteiger partial charge in [-0.25, -0.2) is 0 Å². The molecule has 3 rings (SSSR count). The lowest BCUT2D eigenvalue weighted by molar-refractivity contribution is 0.254. The van der Waals surface area contributed by atoms with E-state index in [1.165, 1.54) is 11.1 Å². The summed E-state index contributed by atoms with van der Waals surface area (Å²) < 4.78 is 10.9. The maximum Gasteiger partial charge on any atom is 0.123 e. The van der Waals surface area contributed by atoms with Crippen molar-refractivity contribution in [2.75, 3.05) is 12.4 Å². The molecule has 0 amide bonds. The first-order valence-electron chi connectivity index (χ1n) is 6.91. The Morgan fingerprint density at radius 3 is 2.75 bits per heavy atom. The van der Waals surface area contributed by atoms with Crippen molar-refractivity contribution in [1.29, 1.82) is 0 Å². The smallest absolute Gasteiger partial charge is 0.123 e. The zero-order chi connectivity index (χ0) is 13.9. The third-order valence-electron chi connectivity index (χ3n) is 3.55. The molecular formula is C17H19NO2. The molecule has 0 saturated heterocycles. The van der Waals surface area contributed by atoms with Gasteiger partial charge in [0.2, 0.25) is 0 Å². The van der Waals surface area contributed by atoms with Crippen LogP contribution >= 0.6 is 0 Å². The number of ether oxygens (including phenoxy) is 2. The van der Waals surface area contributed by atoms with E-state index in [9.17, 15) is 0 Å². The molecule has 0 saturated carbocycles. The summed E-state index contributed by atoms with van der Waals surface area (Å²) in [5, 5.41) is 3.42. The predicted molar refractivity (Wildman–Crippen MR) is 80.6 cm³/mol. The standard InChI is InChI=1S/C17H19NO2/c1-12-9-14-10-13(3-8-17(14)20-12)11-18-15-4-6-16(19-2)7-5-15/h3-8,10,12,18H,9,11H2,1-2H3/t12-/m0/s1. The van der Waals surface area contributed by atoms with E-state index in [1.807, 2.05) is 24.3 Å². The molecule has 1 N–H and O–H groups in total. The number of methoxy groups -OCH3 is 1. The topological polar surface area (TPSA) is 30.5 Å². The van der Waals surface area contributed by atoms with Crippen molar-refractivity contribution in [3.8, 4) is 11.5 Å². The van der Waals surface area contributed by atoms with E-state index in [1.54, 1.807) is 7.11 Å².